The van der Waals surface area contributed by atoms with E-state index < -0.39 is 0 Å². The normalized spacial score (nSPS) is 11.1. The van der Waals surface area contributed by atoms with Gasteiger partial charge in [-0.2, -0.15) is 0 Å². The molecule has 0 aliphatic carbocycles. The maximum absolute atomic E-state index is 6.06. The highest BCUT2D eigenvalue weighted by atomic mass is 127. The number of hydrogen-bond acceptors (Lipinski definition) is 2. The smallest absolute Gasteiger partial charge is 0.201 e. The van der Waals surface area contributed by atoms with Crippen molar-refractivity contribution in [3.63, 3.8) is 0 Å². The van der Waals surface area contributed by atoms with Gasteiger partial charge in [0.05, 0.1) is 11.0 Å². The van der Waals surface area contributed by atoms with E-state index in [1.807, 2.05) is 0 Å². The van der Waals surface area contributed by atoms with Crippen molar-refractivity contribution >= 4 is 39.6 Å². The Balaban J connectivity index is 1.91. The maximum Gasteiger partial charge on any atom is 0.201 e. The monoisotopic (exact) mass is 377 g/mol. The van der Waals surface area contributed by atoms with Crippen molar-refractivity contribution in [2.75, 3.05) is 5.73 Å². The Labute approximate surface area is 132 Å². The average molecular weight is 377 g/mol. The molecule has 0 fully saturated rings. The summed E-state index contributed by atoms with van der Waals surface area (Å²) in [4.78, 5) is 4.44. The Bertz CT molecular complexity index is 762. The van der Waals surface area contributed by atoms with Gasteiger partial charge in [-0.15, -0.1) is 0 Å². The molecule has 0 saturated heterocycles. The summed E-state index contributed by atoms with van der Waals surface area (Å²) in [6.07, 6.45) is 0.967. The first-order chi connectivity index (χ1) is 9.65. The number of nitrogens with zero attached hydrogens (tertiary/aromatic N) is 2. The quantitative estimate of drug-likeness (QED) is 0.707. The molecule has 0 aliphatic rings. The van der Waals surface area contributed by atoms with E-state index in [0.717, 1.165) is 24.0 Å². The summed E-state index contributed by atoms with van der Waals surface area (Å²) in [7, 11) is 0. The van der Waals surface area contributed by atoms with Crippen LogP contribution >= 0.6 is 22.6 Å². The van der Waals surface area contributed by atoms with Crippen molar-refractivity contribution in [2.24, 2.45) is 0 Å². The van der Waals surface area contributed by atoms with Crippen LogP contribution in [0.15, 0.2) is 42.5 Å². The van der Waals surface area contributed by atoms with Crippen molar-refractivity contribution in [2.45, 2.75) is 19.9 Å². The fourth-order valence-electron chi connectivity index (χ4n) is 2.48. The van der Waals surface area contributed by atoms with E-state index >= 15 is 0 Å². The average Bonchev–Trinajstić information content (AvgIpc) is 2.73. The van der Waals surface area contributed by atoms with Gasteiger partial charge in [-0.1, -0.05) is 24.3 Å². The molecule has 1 heterocycles. The predicted octanol–water partition coefficient (Wildman–Crippen LogP) is 3.77. The van der Waals surface area contributed by atoms with Crippen LogP contribution in [0.4, 0.5) is 5.95 Å². The van der Waals surface area contributed by atoms with Crippen LogP contribution in [0, 0.1) is 10.5 Å². The van der Waals surface area contributed by atoms with Gasteiger partial charge in [0.1, 0.15) is 0 Å². The molecule has 0 atom stereocenters. The summed E-state index contributed by atoms with van der Waals surface area (Å²) in [5.74, 6) is 0.593. The Kier molecular flexibility index (Phi) is 3.65. The van der Waals surface area contributed by atoms with Gasteiger partial charge in [-0.3, -0.25) is 0 Å². The molecule has 3 aromatic rings. The second-order valence-corrected chi connectivity index (χ2v) is 6.18. The molecule has 2 N–H and O–H groups in total. The second-order valence-electron chi connectivity index (χ2n) is 4.93. The van der Waals surface area contributed by atoms with Crippen LogP contribution in [0.25, 0.3) is 11.0 Å². The summed E-state index contributed by atoms with van der Waals surface area (Å²) < 4.78 is 3.27. The minimum atomic E-state index is 0.593. The first kappa shape index (κ1) is 13.4. The van der Waals surface area contributed by atoms with Gasteiger partial charge >= 0.3 is 0 Å². The molecule has 102 valence electrons. The Morgan fingerprint density at radius 3 is 2.80 bits per heavy atom. The topological polar surface area (TPSA) is 43.8 Å². The molecule has 0 aliphatic heterocycles. The highest BCUT2D eigenvalue weighted by Crippen LogP contribution is 2.21. The largest absolute Gasteiger partial charge is 0.369 e. The number of aromatic nitrogens is 2. The summed E-state index contributed by atoms with van der Waals surface area (Å²) in [5.41, 5.74) is 10.8. The van der Waals surface area contributed by atoms with E-state index in [9.17, 15) is 0 Å². The number of imidazole rings is 1. The number of nitrogens with two attached hydrogens (primary N) is 1. The van der Waals surface area contributed by atoms with Crippen molar-refractivity contribution in [1.29, 1.82) is 0 Å². The van der Waals surface area contributed by atoms with Crippen molar-refractivity contribution in [3.05, 3.63) is 57.2 Å². The number of nitrogen functional groups attached to an aromatic ring is 1. The molecular weight excluding hydrogens is 361 g/mol. The number of anilines is 1. The fourth-order valence-corrected chi connectivity index (χ4v) is 2.95. The lowest BCUT2D eigenvalue weighted by atomic mass is 10.1. The molecule has 2 aromatic carbocycles. The molecule has 20 heavy (non-hydrogen) atoms. The minimum absolute atomic E-state index is 0.593. The van der Waals surface area contributed by atoms with Crippen molar-refractivity contribution < 1.29 is 0 Å². The number of benzene rings is 2. The summed E-state index contributed by atoms with van der Waals surface area (Å²) in [6, 6.07) is 14.7. The standard InChI is InChI=1S/C16H16IN3/c1-11-4-2-3-5-12(11)8-9-20-15-7-6-13(17)10-14(15)19-16(20)18/h2-7,10H,8-9H2,1H3,(H2,18,19). The van der Waals surface area contributed by atoms with Gasteiger partial charge in [-0.05, 0) is 65.3 Å². The van der Waals surface area contributed by atoms with Crippen LogP contribution in [-0.2, 0) is 13.0 Å². The molecule has 0 bridgehead atoms. The number of aryl methyl sites for hydroxylation is 3. The van der Waals surface area contributed by atoms with Crippen LogP contribution in [-0.4, -0.2) is 9.55 Å². The van der Waals surface area contributed by atoms with Crippen molar-refractivity contribution in [3.8, 4) is 0 Å². The van der Waals surface area contributed by atoms with Gasteiger partial charge in [0.15, 0.2) is 0 Å². The van der Waals surface area contributed by atoms with Crippen LogP contribution in [0.5, 0.6) is 0 Å². The fraction of sp³-hybridized carbons (Fsp3) is 0.188. The Morgan fingerprint density at radius 1 is 1.20 bits per heavy atom. The van der Waals surface area contributed by atoms with Gasteiger partial charge in [0.2, 0.25) is 5.95 Å². The summed E-state index contributed by atoms with van der Waals surface area (Å²) >= 11 is 2.29. The summed E-state index contributed by atoms with van der Waals surface area (Å²) in [6.45, 7) is 3.00. The second kappa shape index (κ2) is 5.44. The highest BCUT2D eigenvalue weighted by molar-refractivity contribution is 14.1. The van der Waals surface area contributed by atoms with E-state index in [0.29, 0.717) is 5.95 Å². The lowest BCUT2D eigenvalue weighted by Gasteiger charge is -2.08. The third-order valence-electron chi connectivity index (χ3n) is 3.61. The lowest BCUT2D eigenvalue weighted by molar-refractivity contribution is 0.723. The molecule has 0 saturated carbocycles. The third-order valence-corrected chi connectivity index (χ3v) is 4.28. The predicted molar refractivity (Wildman–Crippen MR) is 91.7 cm³/mol. The van der Waals surface area contributed by atoms with Crippen LogP contribution in [0.2, 0.25) is 0 Å². The number of rotatable bonds is 3. The molecule has 0 spiro atoms. The zero-order chi connectivity index (χ0) is 14.1. The van der Waals surface area contributed by atoms with Crippen LogP contribution in [0.1, 0.15) is 11.1 Å². The number of fused-ring (bicyclic) bond motifs is 1. The Hall–Kier alpha value is -1.56. The highest BCUT2D eigenvalue weighted by Gasteiger charge is 2.08. The first-order valence-corrected chi connectivity index (χ1v) is 7.69. The Morgan fingerprint density at radius 2 is 2.00 bits per heavy atom. The van der Waals surface area contributed by atoms with E-state index in [4.69, 9.17) is 5.73 Å². The maximum atomic E-state index is 6.06. The van der Waals surface area contributed by atoms with Crippen molar-refractivity contribution in [1.82, 2.24) is 9.55 Å². The van der Waals surface area contributed by atoms with E-state index in [2.05, 4.69) is 81.5 Å². The van der Waals surface area contributed by atoms with Gasteiger partial charge in [0, 0.05) is 10.1 Å². The van der Waals surface area contributed by atoms with E-state index in [1.54, 1.807) is 0 Å². The van der Waals surface area contributed by atoms with Gasteiger partial charge in [0.25, 0.3) is 0 Å². The van der Waals surface area contributed by atoms with Crippen LogP contribution in [0.3, 0.4) is 0 Å². The summed E-state index contributed by atoms with van der Waals surface area (Å²) in [5, 5.41) is 0. The molecule has 0 amide bonds. The molecule has 4 heteroatoms. The SMILES string of the molecule is Cc1ccccc1CCn1c(N)nc2cc(I)ccc21. The molecule has 0 unspecified atom stereocenters. The lowest BCUT2D eigenvalue weighted by Crippen LogP contribution is -2.06. The molecule has 1 aromatic heterocycles. The number of hydrogen-bond donors (Lipinski definition) is 1. The minimum Gasteiger partial charge on any atom is -0.369 e. The van der Waals surface area contributed by atoms with Crippen LogP contribution < -0.4 is 5.73 Å². The zero-order valence-corrected chi connectivity index (χ0v) is 13.5. The molecule has 3 nitrogen and oxygen atoms in total. The van der Waals surface area contributed by atoms with E-state index in [-0.39, 0.29) is 0 Å². The van der Waals surface area contributed by atoms with Gasteiger partial charge < -0.3 is 10.3 Å². The van der Waals surface area contributed by atoms with Gasteiger partial charge in [-0.25, -0.2) is 4.98 Å². The van der Waals surface area contributed by atoms with E-state index in [1.165, 1.54) is 14.7 Å². The molecule has 0 radical (unpaired) electrons. The number of halogens is 1. The first-order valence-electron chi connectivity index (χ1n) is 6.61. The third kappa shape index (κ3) is 2.52. The molecule has 3 rings (SSSR count). The molecular formula is C16H16IN3. The zero-order valence-electron chi connectivity index (χ0n) is 11.3.